The van der Waals surface area contributed by atoms with E-state index in [9.17, 15) is 45.9 Å². The number of carboxylic acid groups (broad SMARTS) is 1. The van der Waals surface area contributed by atoms with Gasteiger partial charge in [0.1, 0.15) is 23.7 Å². The first-order valence-electron chi connectivity index (χ1n) is 21.6. The molecule has 2 fully saturated rings. The molecule has 2 aromatic rings. The Bertz CT molecular complexity index is 2040. The predicted molar refractivity (Wildman–Crippen MR) is 231 cm³/mol. The Morgan fingerprint density at radius 2 is 1.23 bits per heavy atom. The van der Waals surface area contributed by atoms with E-state index in [1.165, 1.54) is 16.5 Å². The Hall–Kier alpha value is -5.45. The molecular weight excluding hydrogens is 844 g/mol. The van der Waals surface area contributed by atoms with Crippen molar-refractivity contribution < 1.29 is 60.6 Å². The Labute approximate surface area is 370 Å². The van der Waals surface area contributed by atoms with Crippen LogP contribution in [0.15, 0.2) is 72.8 Å². The van der Waals surface area contributed by atoms with Crippen molar-refractivity contribution in [3.05, 3.63) is 84.0 Å². The standard InChI is InChI=1S/C25H33FN2O4.C20H25FN2O2.C2HF3O2/c1-5-17(10-11-23(30)27-13-12-18-8-6-7-9-20(18)27)14-22(29)21-15-19(26)16-28(21)24(31)32-25(2,3)4;1-2-14(11-19(24)17-12-16(21)13-22-17)7-8-20(25)23-10-9-15-5-3-4-6-18(15)23;3-2(4,5)1(6)7/h6-11,17,19,21H,5,12-16H2,1-4H3;3-8,14,16-17,22H,2,9-13H2,1H3;(H,6,7)/b11-10+;8-7+;/t17-,19-,21-;14-,16-,17-;/m00./s1. The molecule has 0 unspecified atom stereocenters. The first kappa shape index (κ1) is 51.2. The summed E-state index contributed by atoms with van der Waals surface area (Å²) in [6, 6.07) is 14.6. The lowest BCUT2D eigenvalue weighted by Gasteiger charge is -2.28. The molecule has 3 amide bonds. The number of allylic oxidation sites excluding steroid dienone is 2. The van der Waals surface area contributed by atoms with Crippen LogP contribution >= 0.6 is 0 Å². The molecule has 2 aromatic carbocycles. The molecule has 6 atom stereocenters. The lowest BCUT2D eigenvalue weighted by atomic mass is 9.94. The first-order chi connectivity index (χ1) is 30.1. The molecule has 17 heteroatoms. The normalized spacial score (nSPS) is 21.4. The van der Waals surface area contributed by atoms with Gasteiger partial charge in [-0.05, 0) is 93.7 Å². The number of halogens is 5. The zero-order chi connectivity index (χ0) is 47.4. The average Bonchev–Trinajstić information content (AvgIpc) is 4.06. The highest BCUT2D eigenvalue weighted by molar-refractivity contribution is 6.03. The summed E-state index contributed by atoms with van der Waals surface area (Å²) in [7, 11) is 0. The minimum Gasteiger partial charge on any atom is -0.475 e. The summed E-state index contributed by atoms with van der Waals surface area (Å²) in [5, 5.41) is 10.1. The quantitative estimate of drug-likeness (QED) is 0.160. The lowest BCUT2D eigenvalue weighted by Crippen LogP contribution is -2.43. The molecule has 4 aliphatic rings. The summed E-state index contributed by atoms with van der Waals surface area (Å²) in [6.45, 7) is 10.6. The van der Waals surface area contributed by atoms with E-state index in [0.29, 0.717) is 25.9 Å². The third-order valence-electron chi connectivity index (χ3n) is 11.3. The second-order valence-corrected chi connectivity index (χ2v) is 17.2. The molecule has 0 spiro atoms. The van der Waals surface area contributed by atoms with Crippen molar-refractivity contribution in [1.82, 2.24) is 10.2 Å². The van der Waals surface area contributed by atoms with Crippen LogP contribution in [0.2, 0.25) is 0 Å². The number of ether oxygens (including phenoxy) is 1. The smallest absolute Gasteiger partial charge is 0.475 e. The van der Waals surface area contributed by atoms with E-state index in [4.69, 9.17) is 14.6 Å². The number of hydrogen-bond acceptors (Lipinski definition) is 8. The van der Waals surface area contributed by atoms with Crippen LogP contribution in [0.3, 0.4) is 0 Å². The number of nitrogens with one attached hydrogen (secondary N) is 1. The number of rotatable bonds is 12. The van der Waals surface area contributed by atoms with Crippen LogP contribution in [0.1, 0.15) is 84.3 Å². The number of Topliss-reactive ketones (excluding diaryl/α,β-unsaturated/α-hetero) is 2. The summed E-state index contributed by atoms with van der Waals surface area (Å²) in [5.41, 5.74) is 3.53. The van der Waals surface area contributed by atoms with Crippen LogP contribution in [0.5, 0.6) is 0 Å². The van der Waals surface area contributed by atoms with Gasteiger partial charge in [0.05, 0.1) is 18.6 Å². The van der Waals surface area contributed by atoms with Gasteiger partial charge in [0.15, 0.2) is 5.78 Å². The van der Waals surface area contributed by atoms with Gasteiger partial charge in [0.2, 0.25) is 0 Å². The molecule has 2 N–H and O–H groups in total. The van der Waals surface area contributed by atoms with E-state index < -0.39 is 42.2 Å². The van der Waals surface area contributed by atoms with Gasteiger partial charge < -0.3 is 25.0 Å². The number of benzene rings is 2. The zero-order valence-electron chi connectivity index (χ0n) is 36.9. The Kier molecular flexibility index (Phi) is 18.4. The Morgan fingerprint density at radius 3 is 1.66 bits per heavy atom. The van der Waals surface area contributed by atoms with Gasteiger partial charge in [-0.3, -0.25) is 24.1 Å². The molecule has 0 bridgehead atoms. The Morgan fingerprint density at radius 1 is 0.766 bits per heavy atom. The fourth-order valence-corrected chi connectivity index (χ4v) is 7.79. The highest BCUT2D eigenvalue weighted by Gasteiger charge is 2.42. The zero-order valence-corrected chi connectivity index (χ0v) is 36.9. The summed E-state index contributed by atoms with van der Waals surface area (Å²) >= 11 is 0. The van der Waals surface area contributed by atoms with Crippen LogP contribution in [-0.2, 0) is 41.6 Å². The molecule has 12 nitrogen and oxygen atoms in total. The number of carbonyl (C=O) groups is 6. The number of carbonyl (C=O) groups excluding carboxylic acids is 5. The van der Waals surface area contributed by atoms with Gasteiger partial charge >= 0.3 is 18.2 Å². The van der Waals surface area contributed by atoms with Crippen molar-refractivity contribution in [3.8, 4) is 0 Å². The number of amides is 3. The highest BCUT2D eigenvalue weighted by Crippen LogP contribution is 2.30. The minimum atomic E-state index is -5.08. The molecule has 2 saturated heterocycles. The second-order valence-electron chi connectivity index (χ2n) is 17.2. The first-order valence-corrected chi connectivity index (χ1v) is 21.6. The summed E-state index contributed by atoms with van der Waals surface area (Å²) in [4.78, 5) is 76.5. The predicted octanol–water partition coefficient (Wildman–Crippen LogP) is 7.92. The average molecular weight is 903 g/mol. The van der Waals surface area contributed by atoms with Crippen LogP contribution in [0.4, 0.5) is 38.1 Å². The second kappa shape index (κ2) is 22.9. The van der Waals surface area contributed by atoms with E-state index in [1.807, 2.05) is 68.5 Å². The van der Waals surface area contributed by atoms with Crippen molar-refractivity contribution >= 4 is 46.8 Å². The molecular formula is C47H59F5N4O8. The van der Waals surface area contributed by atoms with Gasteiger partial charge in [0, 0.05) is 56.7 Å². The SMILES string of the molecule is CC[C@@H](/C=C/C(=O)N1CCc2ccccc21)CC(=O)[C@@H]1C[C@H](F)CN1.CC[C@@H](/C=C/C(=O)N1CCc2ccccc21)CC(=O)[C@@H]1C[C@H](F)CN1C(=O)OC(C)(C)C.O=C(O)C(F)(F)F. The number of fused-ring (bicyclic) bond motifs is 2. The number of para-hydroxylation sites is 2. The third-order valence-corrected chi connectivity index (χ3v) is 11.3. The van der Waals surface area contributed by atoms with Crippen molar-refractivity contribution in [2.24, 2.45) is 11.8 Å². The van der Waals surface area contributed by atoms with Crippen molar-refractivity contribution in [1.29, 1.82) is 0 Å². The number of ketones is 2. The summed E-state index contributed by atoms with van der Waals surface area (Å²) in [5.74, 6) is -3.23. The number of nitrogens with zero attached hydrogens (tertiary/aromatic N) is 3. The molecule has 4 aliphatic heterocycles. The fourth-order valence-electron chi connectivity index (χ4n) is 7.79. The third kappa shape index (κ3) is 14.8. The number of carboxylic acids is 1. The fraction of sp³-hybridized carbons (Fsp3) is 0.532. The van der Waals surface area contributed by atoms with Crippen molar-refractivity contribution in [2.45, 2.75) is 122 Å². The van der Waals surface area contributed by atoms with Gasteiger partial charge in [-0.1, -0.05) is 62.4 Å². The van der Waals surface area contributed by atoms with Gasteiger partial charge in [-0.2, -0.15) is 13.2 Å². The van der Waals surface area contributed by atoms with E-state index in [-0.39, 0.29) is 73.6 Å². The van der Waals surface area contributed by atoms with E-state index in [0.717, 1.165) is 36.2 Å². The van der Waals surface area contributed by atoms with E-state index in [2.05, 4.69) is 5.32 Å². The molecule has 6 rings (SSSR count). The summed E-state index contributed by atoms with van der Waals surface area (Å²) < 4.78 is 64.4. The molecule has 0 radical (unpaired) electrons. The number of anilines is 2. The van der Waals surface area contributed by atoms with Crippen LogP contribution in [0, 0.1) is 11.8 Å². The Balaban J connectivity index is 0.000000249. The maximum atomic E-state index is 14.1. The lowest BCUT2D eigenvalue weighted by molar-refractivity contribution is -0.192. The number of hydrogen-bond donors (Lipinski definition) is 2. The topological polar surface area (TPSA) is 154 Å². The van der Waals surface area contributed by atoms with E-state index >= 15 is 0 Å². The molecule has 0 aromatic heterocycles. The number of alkyl halides is 5. The maximum absolute atomic E-state index is 14.1. The highest BCUT2D eigenvalue weighted by atomic mass is 19.4. The van der Waals surface area contributed by atoms with Gasteiger partial charge in [-0.15, -0.1) is 0 Å². The molecule has 0 saturated carbocycles. The van der Waals surface area contributed by atoms with Crippen LogP contribution in [0.25, 0.3) is 0 Å². The minimum absolute atomic E-state index is 0.00904. The molecule has 4 heterocycles. The summed E-state index contributed by atoms with van der Waals surface area (Å²) in [6.07, 6.45) is 2.69. The van der Waals surface area contributed by atoms with Gasteiger partial charge in [0.25, 0.3) is 11.8 Å². The van der Waals surface area contributed by atoms with E-state index in [1.54, 1.807) is 42.7 Å². The molecule has 350 valence electrons. The monoisotopic (exact) mass is 902 g/mol. The maximum Gasteiger partial charge on any atom is 0.490 e. The van der Waals surface area contributed by atoms with Crippen LogP contribution in [-0.4, -0.2) is 108 Å². The van der Waals surface area contributed by atoms with Crippen molar-refractivity contribution in [2.75, 3.05) is 36.0 Å². The number of likely N-dealkylation sites (tertiary alicyclic amines) is 1. The van der Waals surface area contributed by atoms with Gasteiger partial charge in [-0.25, -0.2) is 18.4 Å². The largest absolute Gasteiger partial charge is 0.490 e. The number of aliphatic carboxylic acids is 1. The van der Waals surface area contributed by atoms with Crippen LogP contribution < -0.4 is 15.1 Å². The van der Waals surface area contributed by atoms with Crippen molar-refractivity contribution in [3.63, 3.8) is 0 Å². The molecule has 64 heavy (non-hydrogen) atoms. The molecule has 0 aliphatic carbocycles.